The van der Waals surface area contributed by atoms with Gasteiger partial charge in [0.25, 0.3) is 10.0 Å². The molecule has 0 atom stereocenters. The normalized spacial score (nSPS) is 11.9. The Labute approximate surface area is 149 Å². The van der Waals surface area contributed by atoms with Crippen molar-refractivity contribution < 1.29 is 31.1 Å². The van der Waals surface area contributed by atoms with Gasteiger partial charge in [-0.3, -0.25) is 4.72 Å². The number of anilines is 1. The van der Waals surface area contributed by atoms with Gasteiger partial charge in [-0.1, -0.05) is 0 Å². The van der Waals surface area contributed by atoms with E-state index in [-0.39, 0.29) is 16.3 Å². The quantitative estimate of drug-likeness (QED) is 0.767. The van der Waals surface area contributed by atoms with E-state index in [0.29, 0.717) is 31.1 Å². The number of benzene rings is 2. The van der Waals surface area contributed by atoms with Crippen LogP contribution in [-0.2, 0) is 16.2 Å². The molecular weight excluding hydrogens is 371 g/mol. The van der Waals surface area contributed by atoms with Crippen molar-refractivity contribution in [1.29, 1.82) is 0 Å². The van der Waals surface area contributed by atoms with E-state index in [1.165, 1.54) is 6.07 Å². The minimum absolute atomic E-state index is 0.137. The molecule has 0 spiro atoms. The fourth-order valence-corrected chi connectivity index (χ4v) is 3.21. The van der Waals surface area contributed by atoms with Crippen molar-refractivity contribution in [3.05, 3.63) is 48.0 Å². The van der Waals surface area contributed by atoms with Gasteiger partial charge >= 0.3 is 6.18 Å². The third-order valence-corrected chi connectivity index (χ3v) is 4.68. The van der Waals surface area contributed by atoms with Gasteiger partial charge in [0.15, 0.2) is 0 Å². The molecule has 5 nitrogen and oxygen atoms in total. The van der Waals surface area contributed by atoms with E-state index < -0.39 is 21.8 Å². The average molecular weight is 389 g/mol. The Hall–Kier alpha value is -2.42. The smallest absolute Gasteiger partial charge is 0.416 e. The highest BCUT2D eigenvalue weighted by Gasteiger charge is 2.30. The summed E-state index contributed by atoms with van der Waals surface area (Å²) in [5.41, 5.74) is -0.789. The van der Waals surface area contributed by atoms with Crippen molar-refractivity contribution in [2.45, 2.75) is 24.9 Å². The van der Waals surface area contributed by atoms with Gasteiger partial charge in [0.05, 0.1) is 29.4 Å². The van der Waals surface area contributed by atoms with Crippen LogP contribution in [0.3, 0.4) is 0 Å². The number of alkyl halides is 3. The van der Waals surface area contributed by atoms with E-state index in [4.69, 9.17) is 9.47 Å². The number of rotatable bonds is 7. The van der Waals surface area contributed by atoms with Gasteiger partial charge in [-0.15, -0.1) is 0 Å². The zero-order valence-corrected chi connectivity index (χ0v) is 14.9. The summed E-state index contributed by atoms with van der Waals surface area (Å²) in [6, 6.07) is 7.87. The molecular formula is C17H18F3NO4S. The molecule has 1 N–H and O–H groups in total. The monoisotopic (exact) mass is 389 g/mol. The number of hydrogen-bond acceptors (Lipinski definition) is 4. The summed E-state index contributed by atoms with van der Waals surface area (Å²) in [6.45, 7) is 4.22. The summed E-state index contributed by atoms with van der Waals surface area (Å²) in [5, 5.41) is 0. The van der Waals surface area contributed by atoms with Crippen LogP contribution in [0.15, 0.2) is 47.4 Å². The van der Waals surface area contributed by atoms with E-state index >= 15 is 0 Å². The maximum absolute atomic E-state index is 12.6. The molecule has 9 heteroatoms. The molecule has 0 saturated carbocycles. The zero-order chi connectivity index (χ0) is 19.4. The van der Waals surface area contributed by atoms with Crippen LogP contribution < -0.4 is 14.2 Å². The Morgan fingerprint density at radius 1 is 0.962 bits per heavy atom. The molecule has 142 valence electrons. The van der Waals surface area contributed by atoms with Crippen LogP contribution in [0.2, 0.25) is 0 Å². The Morgan fingerprint density at radius 3 is 2.12 bits per heavy atom. The maximum Gasteiger partial charge on any atom is 0.416 e. The number of ether oxygens (including phenoxy) is 2. The van der Waals surface area contributed by atoms with Crippen LogP contribution in [0.1, 0.15) is 19.4 Å². The van der Waals surface area contributed by atoms with Gasteiger partial charge in [0, 0.05) is 6.07 Å². The highest BCUT2D eigenvalue weighted by Crippen LogP contribution is 2.33. The summed E-state index contributed by atoms with van der Waals surface area (Å²) in [5.74, 6) is 0.715. The molecule has 0 aliphatic heterocycles. The minimum atomic E-state index is -4.54. The minimum Gasteiger partial charge on any atom is -0.494 e. The summed E-state index contributed by atoms with van der Waals surface area (Å²) < 4.78 is 75.9. The van der Waals surface area contributed by atoms with E-state index in [1.807, 2.05) is 0 Å². The molecule has 0 aliphatic rings. The number of halogens is 3. The molecule has 0 amide bonds. The highest BCUT2D eigenvalue weighted by atomic mass is 32.2. The zero-order valence-electron chi connectivity index (χ0n) is 14.1. The van der Waals surface area contributed by atoms with Crippen LogP contribution in [0.25, 0.3) is 0 Å². The van der Waals surface area contributed by atoms with E-state index in [0.717, 1.165) is 12.1 Å². The van der Waals surface area contributed by atoms with Crippen molar-refractivity contribution in [1.82, 2.24) is 0 Å². The standard InChI is InChI=1S/C17H18F3NO4S/c1-3-24-13-7-10-16(25-4-2)15(11-13)21-26(22,23)14-8-5-12(6-9-14)17(18,19)20/h5-11,21H,3-4H2,1-2H3. The Bertz CT molecular complexity index is 849. The lowest BCUT2D eigenvalue weighted by Gasteiger charge is -2.15. The largest absolute Gasteiger partial charge is 0.494 e. The van der Waals surface area contributed by atoms with Gasteiger partial charge in [-0.05, 0) is 50.2 Å². The third kappa shape index (κ3) is 4.81. The van der Waals surface area contributed by atoms with Crippen LogP contribution in [0.5, 0.6) is 11.5 Å². The molecule has 0 unspecified atom stereocenters. The summed E-state index contributed by atoms with van der Waals surface area (Å²) in [7, 11) is -4.10. The third-order valence-electron chi connectivity index (χ3n) is 3.30. The average Bonchev–Trinajstić information content (AvgIpc) is 2.57. The second-order valence-electron chi connectivity index (χ2n) is 5.15. The fourth-order valence-electron chi connectivity index (χ4n) is 2.15. The first-order chi connectivity index (χ1) is 12.2. The second-order valence-corrected chi connectivity index (χ2v) is 6.83. The van der Waals surface area contributed by atoms with Crippen LogP contribution in [0.4, 0.5) is 18.9 Å². The van der Waals surface area contributed by atoms with Crippen molar-refractivity contribution in [2.75, 3.05) is 17.9 Å². The van der Waals surface area contributed by atoms with Crippen molar-refractivity contribution in [3.8, 4) is 11.5 Å². The van der Waals surface area contributed by atoms with E-state index in [1.54, 1.807) is 26.0 Å². The van der Waals surface area contributed by atoms with Gasteiger partial charge < -0.3 is 9.47 Å². The summed E-state index contributed by atoms with van der Waals surface area (Å²) in [6.07, 6.45) is -4.54. The topological polar surface area (TPSA) is 64.6 Å². The van der Waals surface area contributed by atoms with E-state index in [2.05, 4.69) is 4.72 Å². The molecule has 0 aromatic heterocycles. The Morgan fingerprint density at radius 2 is 1.58 bits per heavy atom. The molecule has 2 aromatic carbocycles. The van der Waals surface area contributed by atoms with Crippen molar-refractivity contribution >= 4 is 15.7 Å². The molecule has 0 bridgehead atoms. The first kappa shape index (κ1) is 19.9. The molecule has 0 saturated heterocycles. The van der Waals surface area contributed by atoms with Crippen LogP contribution in [-0.4, -0.2) is 21.6 Å². The summed E-state index contributed by atoms with van der Waals surface area (Å²) >= 11 is 0. The maximum atomic E-state index is 12.6. The van der Waals surface area contributed by atoms with Crippen LogP contribution in [0, 0.1) is 0 Å². The van der Waals surface area contributed by atoms with Gasteiger partial charge in [-0.2, -0.15) is 13.2 Å². The molecule has 26 heavy (non-hydrogen) atoms. The predicted octanol–water partition coefficient (Wildman–Crippen LogP) is 4.30. The molecule has 2 rings (SSSR count). The Kier molecular flexibility index (Phi) is 6.01. The lowest BCUT2D eigenvalue weighted by molar-refractivity contribution is -0.137. The highest BCUT2D eigenvalue weighted by molar-refractivity contribution is 7.92. The van der Waals surface area contributed by atoms with Crippen molar-refractivity contribution in [3.63, 3.8) is 0 Å². The fraction of sp³-hybridized carbons (Fsp3) is 0.294. The Balaban J connectivity index is 2.34. The van der Waals surface area contributed by atoms with Crippen molar-refractivity contribution in [2.24, 2.45) is 0 Å². The van der Waals surface area contributed by atoms with Gasteiger partial charge in [0.1, 0.15) is 11.5 Å². The first-order valence-electron chi connectivity index (χ1n) is 7.77. The molecule has 0 aliphatic carbocycles. The lowest BCUT2D eigenvalue weighted by Crippen LogP contribution is -2.14. The SMILES string of the molecule is CCOc1ccc(OCC)c(NS(=O)(=O)c2ccc(C(F)(F)F)cc2)c1. The first-order valence-corrected chi connectivity index (χ1v) is 9.25. The molecule has 0 fully saturated rings. The molecule has 2 aromatic rings. The molecule has 0 radical (unpaired) electrons. The van der Waals surface area contributed by atoms with Gasteiger partial charge in [0.2, 0.25) is 0 Å². The lowest BCUT2D eigenvalue weighted by atomic mass is 10.2. The second kappa shape index (κ2) is 7.86. The number of nitrogens with one attached hydrogen (secondary N) is 1. The number of sulfonamides is 1. The van der Waals surface area contributed by atoms with Gasteiger partial charge in [-0.25, -0.2) is 8.42 Å². The predicted molar refractivity (Wildman–Crippen MR) is 91.0 cm³/mol. The molecule has 0 heterocycles. The van der Waals surface area contributed by atoms with Crippen LogP contribution >= 0.6 is 0 Å². The number of hydrogen-bond donors (Lipinski definition) is 1. The van der Waals surface area contributed by atoms with E-state index in [9.17, 15) is 21.6 Å². The summed E-state index contributed by atoms with van der Waals surface area (Å²) in [4.78, 5) is -0.297.